The molecule has 1 heterocycles. The molecule has 4 nitrogen and oxygen atoms in total. The largest absolute Gasteiger partial charge is 0.316 e. The molecule has 1 aromatic heterocycles. The lowest BCUT2D eigenvalue weighted by atomic mass is 10.1. The van der Waals surface area contributed by atoms with E-state index in [1.165, 1.54) is 11.3 Å². The van der Waals surface area contributed by atoms with Crippen molar-refractivity contribution in [2.75, 3.05) is 5.32 Å². The summed E-state index contributed by atoms with van der Waals surface area (Å²) in [5, 5.41) is 3.40. The van der Waals surface area contributed by atoms with Gasteiger partial charge in [0.2, 0.25) is 5.91 Å². The molecule has 19 heavy (non-hydrogen) atoms. The molecule has 2 aromatic rings. The van der Waals surface area contributed by atoms with Crippen molar-refractivity contribution in [2.24, 2.45) is 5.73 Å². The molecule has 100 valence electrons. The lowest BCUT2D eigenvalue weighted by Gasteiger charge is -2.10. The van der Waals surface area contributed by atoms with Gasteiger partial charge in [-0.3, -0.25) is 4.79 Å². The summed E-state index contributed by atoms with van der Waals surface area (Å²) in [6.07, 6.45) is 0.864. The summed E-state index contributed by atoms with van der Waals surface area (Å²) in [4.78, 5) is 17.6. The number of aryl methyl sites for hydroxylation is 2. The van der Waals surface area contributed by atoms with Gasteiger partial charge in [-0.05, 0) is 18.9 Å². The third kappa shape index (κ3) is 3.19. The molecule has 0 spiro atoms. The molecule has 5 heteroatoms. The molecule has 1 atom stereocenters. The number of hydrogen-bond donors (Lipinski definition) is 2. The number of nitrogens with two attached hydrogens (primary N) is 1. The summed E-state index contributed by atoms with van der Waals surface area (Å²) >= 11 is 1.48. The number of benzene rings is 1. The van der Waals surface area contributed by atoms with Crippen LogP contribution in [0.5, 0.6) is 0 Å². The summed E-state index contributed by atoms with van der Waals surface area (Å²) < 4.78 is 0. The smallest absolute Gasteiger partial charge is 0.247 e. The maximum Gasteiger partial charge on any atom is 0.247 e. The molecule has 0 saturated heterocycles. The number of aromatic nitrogens is 1. The molecule has 0 fully saturated rings. The molecule has 0 radical (unpaired) electrons. The van der Waals surface area contributed by atoms with Crippen LogP contribution >= 0.6 is 11.3 Å². The van der Waals surface area contributed by atoms with Gasteiger partial charge in [-0.2, -0.15) is 0 Å². The minimum Gasteiger partial charge on any atom is -0.316 e. The Morgan fingerprint density at radius 2 is 2.11 bits per heavy atom. The summed E-state index contributed by atoms with van der Waals surface area (Å²) in [6.45, 7) is 4.05. The Morgan fingerprint density at radius 3 is 2.68 bits per heavy atom. The van der Waals surface area contributed by atoms with E-state index in [1.807, 2.05) is 44.2 Å². The summed E-state index contributed by atoms with van der Waals surface area (Å²) in [7, 11) is 0. The topological polar surface area (TPSA) is 68.0 Å². The highest BCUT2D eigenvalue weighted by atomic mass is 32.1. The second-order valence-corrected chi connectivity index (χ2v) is 5.46. The van der Waals surface area contributed by atoms with Crippen molar-refractivity contribution in [3.63, 3.8) is 0 Å². The third-order valence-electron chi connectivity index (χ3n) is 2.90. The first-order chi connectivity index (χ1) is 9.11. The fraction of sp³-hybridized carbons (Fsp3) is 0.286. The van der Waals surface area contributed by atoms with E-state index >= 15 is 0 Å². The fourth-order valence-corrected chi connectivity index (χ4v) is 2.71. The molecule has 3 N–H and O–H groups in total. The quantitative estimate of drug-likeness (QED) is 0.901. The molecule has 0 aliphatic rings. The van der Waals surface area contributed by atoms with Gasteiger partial charge in [0.15, 0.2) is 5.13 Å². The Morgan fingerprint density at radius 1 is 1.42 bits per heavy atom. The van der Waals surface area contributed by atoms with E-state index in [4.69, 9.17) is 5.73 Å². The molecule has 1 amide bonds. The van der Waals surface area contributed by atoms with Crippen molar-refractivity contribution in [3.05, 3.63) is 46.5 Å². The molecule has 0 aliphatic heterocycles. The van der Waals surface area contributed by atoms with E-state index in [0.717, 1.165) is 22.6 Å². The van der Waals surface area contributed by atoms with Crippen molar-refractivity contribution in [1.82, 2.24) is 4.98 Å². The first-order valence-corrected chi connectivity index (χ1v) is 7.01. The predicted octanol–water partition coefficient (Wildman–Crippen LogP) is 2.65. The van der Waals surface area contributed by atoms with Crippen LogP contribution in [0.4, 0.5) is 5.13 Å². The summed E-state index contributed by atoms with van der Waals surface area (Å²) in [5.74, 6) is -0.234. The second kappa shape index (κ2) is 5.95. The van der Waals surface area contributed by atoms with E-state index in [2.05, 4.69) is 10.3 Å². The van der Waals surface area contributed by atoms with Crippen LogP contribution in [0.3, 0.4) is 0 Å². The van der Waals surface area contributed by atoms with Gasteiger partial charge in [0.05, 0.1) is 5.69 Å². The highest BCUT2D eigenvalue weighted by Gasteiger charge is 2.17. The van der Waals surface area contributed by atoms with Gasteiger partial charge in [0, 0.05) is 4.88 Å². The van der Waals surface area contributed by atoms with E-state index < -0.39 is 6.04 Å². The van der Waals surface area contributed by atoms with Crippen LogP contribution in [0.15, 0.2) is 30.3 Å². The maximum absolute atomic E-state index is 12.1. The van der Waals surface area contributed by atoms with Gasteiger partial charge in [0.1, 0.15) is 6.04 Å². The Bertz CT molecular complexity index is 565. The van der Waals surface area contributed by atoms with Crippen molar-refractivity contribution in [2.45, 2.75) is 26.3 Å². The fourth-order valence-electron chi connectivity index (χ4n) is 1.80. The van der Waals surface area contributed by atoms with Crippen molar-refractivity contribution < 1.29 is 4.79 Å². The first-order valence-electron chi connectivity index (χ1n) is 6.19. The van der Waals surface area contributed by atoms with Crippen LogP contribution in [0.1, 0.15) is 29.1 Å². The number of hydrogen-bond acceptors (Lipinski definition) is 4. The van der Waals surface area contributed by atoms with Crippen LogP contribution in [0, 0.1) is 6.92 Å². The molecule has 0 saturated carbocycles. The van der Waals surface area contributed by atoms with Crippen LogP contribution < -0.4 is 11.1 Å². The van der Waals surface area contributed by atoms with Crippen LogP contribution in [0.25, 0.3) is 0 Å². The van der Waals surface area contributed by atoms with Gasteiger partial charge >= 0.3 is 0 Å². The average Bonchev–Trinajstić information content (AvgIpc) is 2.78. The summed E-state index contributed by atoms with van der Waals surface area (Å²) in [6, 6.07) is 8.64. The van der Waals surface area contributed by atoms with Gasteiger partial charge in [-0.15, -0.1) is 11.3 Å². The third-order valence-corrected chi connectivity index (χ3v) is 3.83. The lowest BCUT2D eigenvalue weighted by molar-refractivity contribution is -0.117. The van der Waals surface area contributed by atoms with Crippen LogP contribution in [-0.2, 0) is 11.2 Å². The van der Waals surface area contributed by atoms with Gasteiger partial charge in [-0.1, -0.05) is 37.3 Å². The van der Waals surface area contributed by atoms with Crippen molar-refractivity contribution in [3.8, 4) is 0 Å². The Labute approximate surface area is 116 Å². The highest BCUT2D eigenvalue weighted by Crippen LogP contribution is 2.23. The van der Waals surface area contributed by atoms with E-state index in [-0.39, 0.29) is 5.91 Å². The normalized spacial score (nSPS) is 12.2. The minimum atomic E-state index is -0.671. The monoisotopic (exact) mass is 275 g/mol. The van der Waals surface area contributed by atoms with Gasteiger partial charge in [0.25, 0.3) is 0 Å². The van der Waals surface area contributed by atoms with Crippen molar-refractivity contribution >= 4 is 22.4 Å². The molecule has 0 unspecified atom stereocenters. The molecular weight excluding hydrogens is 258 g/mol. The standard InChI is InChI=1S/C14H17N3OS/c1-3-11-9(2)19-14(16-11)17-13(18)12(15)10-7-5-4-6-8-10/h4-8,12H,3,15H2,1-2H3,(H,16,17,18)/t12-/m0/s1. The van der Waals surface area contributed by atoms with E-state index in [0.29, 0.717) is 5.13 Å². The number of nitrogens with zero attached hydrogens (tertiary/aromatic N) is 1. The first kappa shape index (κ1) is 13.7. The summed E-state index contributed by atoms with van der Waals surface area (Å²) in [5.41, 5.74) is 7.75. The number of anilines is 1. The van der Waals surface area contributed by atoms with Gasteiger partial charge < -0.3 is 11.1 Å². The number of carbonyl (C=O) groups is 1. The number of nitrogens with one attached hydrogen (secondary N) is 1. The number of thiazole rings is 1. The van der Waals surface area contributed by atoms with E-state index in [9.17, 15) is 4.79 Å². The van der Waals surface area contributed by atoms with E-state index in [1.54, 1.807) is 0 Å². The number of amides is 1. The van der Waals surface area contributed by atoms with Crippen LogP contribution in [-0.4, -0.2) is 10.9 Å². The number of carbonyl (C=O) groups excluding carboxylic acids is 1. The number of rotatable bonds is 4. The van der Waals surface area contributed by atoms with Crippen LogP contribution in [0.2, 0.25) is 0 Å². The lowest BCUT2D eigenvalue weighted by Crippen LogP contribution is -2.27. The molecule has 2 rings (SSSR count). The SMILES string of the molecule is CCc1nc(NC(=O)[C@@H](N)c2ccccc2)sc1C. The minimum absolute atomic E-state index is 0.234. The predicted molar refractivity (Wildman–Crippen MR) is 78.2 cm³/mol. The zero-order valence-corrected chi connectivity index (χ0v) is 11.8. The second-order valence-electron chi connectivity index (χ2n) is 4.25. The zero-order chi connectivity index (χ0) is 13.8. The Hall–Kier alpha value is -1.72. The molecule has 1 aromatic carbocycles. The Kier molecular flexibility index (Phi) is 4.29. The maximum atomic E-state index is 12.1. The average molecular weight is 275 g/mol. The Balaban J connectivity index is 2.08. The highest BCUT2D eigenvalue weighted by molar-refractivity contribution is 7.15. The molecular formula is C14H17N3OS. The zero-order valence-electron chi connectivity index (χ0n) is 11.0. The van der Waals surface area contributed by atoms with Crippen molar-refractivity contribution in [1.29, 1.82) is 0 Å². The molecule has 0 bridgehead atoms. The van der Waals surface area contributed by atoms with Gasteiger partial charge in [-0.25, -0.2) is 4.98 Å². The molecule has 0 aliphatic carbocycles.